The molecule has 0 bridgehead atoms. The number of carbonyl (C=O) groups excluding carboxylic acids is 3. The molecule has 316 valence electrons. The molecule has 0 spiro atoms. The van der Waals surface area contributed by atoms with Gasteiger partial charge in [0.2, 0.25) is 0 Å². The molecule has 0 heterocycles. The van der Waals surface area contributed by atoms with E-state index in [1.807, 2.05) is 0 Å². The van der Waals surface area contributed by atoms with Crippen LogP contribution in [0, 0.1) is 0 Å². The van der Waals surface area contributed by atoms with E-state index in [0.29, 0.717) is 19.3 Å². The number of allylic oxidation sites excluding steroid dienone is 4. The van der Waals surface area contributed by atoms with Crippen molar-refractivity contribution in [1.29, 1.82) is 0 Å². The average molecular weight is 761 g/mol. The minimum absolute atomic E-state index is 0.0696. The molecule has 0 radical (unpaired) electrons. The van der Waals surface area contributed by atoms with Crippen molar-refractivity contribution in [2.24, 2.45) is 0 Å². The second kappa shape index (κ2) is 43.6. The van der Waals surface area contributed by atoms with Gasteiger partial charge >= 0.3 is 17.9 Å². The Balaban J connectivity index is 4.34. The lowest BCUT2D eigenvalue weighted by Crippen LogP contribution is -2.30. The molecule has 0 aromatic heterocycles. The Morgan fingerprint density at radius 2 is 0.722 bits per heavy atom. The van der Waals surface area contributed by atoms with Crippen LogP contribution in [0.2, 0.25) is 0 Å². The van der Waals surface area contributed by atoms with E-state index in [4.69, 9.17) is 14.2 Å². The van der Waals surface area contributed by atoms with Gasteiger partial charge in [0.25, 0.3) is 0 Å². The summed E-state index contributed by atoms with van der Waals surface area (Å²) in [4.78, 5) is 37.7. The van der Waals surface area contributed by atoms with Crippen LogP contribution >= 0.6 is 0 Å². The molecule has 0 N–H and O–H groups in total. The molecule has 0 fully saturated rings. The molecular weight excluding hydrogens is 673 g/mol. The summed E-state index contributed by atoms with van der Waals surface area (Å²) in [5.41, 5.74) is 0. The molecule has 0 aromatic rings. The van der Waals surface area contributed by atoms with E-state index in [9.17, 15) is 14.4 Å². The summed E-state index contributed by atoms with van der Waals surface area (Å²) in [5, 5.41) is 0. The lowest BCUT2D eigenvalue weighted by atomic mass is 10.1. The van der Waals surface area contributed by atoms with Gasteiger partial charge in [-0.1, -0.05) is 206 Å². The van der Waals surface area contributed by atoms with Gasteiger partial charge in [-0.15, -0.1) is 0 Å². The molecule has 1 atom stereocenters. The van der Waals surface area contributed by atoms with E-state index >= 15 is 0 Å². The number of hydrogen-bond donors (Lipinski definition) is 0. The van der Waals surface area contributed by atoms with Crippen LogP contribution in [0.5, 0.6) is 0 Å². The summed E-state index contributed by atoms with van der Waals surface area (Å²) in [7, 11) is 0. The number of hydrogen-bond acceptors (Lipinski definition) is 6. The number of ether oxygens (including phenoxy) is 3. The first kappa shape index (κ1) is 51.9. The van der Waals surface area contributed by atoms with Crippen LogP contribution in [0.1, 0.15) is 245 Å². The van der Waals surface area contributed by atoms with Crippen LogP contribution in [0.3, 0.4) is 0 Å². The SMILES string of the molecule is CC/C=C\C/C=C\CCCCCCCCCC(=O)OCC(COC(=O)CCCCCCCCCCCCC)OC(=O)CCCCCCCCCCCCC. The van der Waals surface area contributed by atoms with Gasteiger partial charge in [0.15, 0.2) is 6.10 Å². The third kappa shape index (κ3) is 41.1. The van der Waals surface area contributed by atoms with Crippen molar-refractivity contribution in [1.82, 2.24) is 0 Å². The maximum absolute atomic E-state index is 12.7. The van der Waals surface area contributed by atoms with Crippen LogP contribution in [0.4, 0.5) is 0 Å². The van der Waals surface area contributed by atoms with Gasteiger partial charge in [-0.2, -0.15) is 0 Å². The third-order valence-electron chi connectivity index (χ3n) is 10.2. The van der Waals surface area contributed by atoms with E-state index in [1.165, 1.54) is 128 Å². The molecule has 0 aliphatic carbocycles. The molecule has 1 unspecified atom stereocenters. The Kier molecular flexibility index (Phi) is 41.9. The maximum Gasteiger partial charge on any atom is 0.306 e. The molecule has 0 amide bonds. The average Bonchev–Trinajstić information content (AvgIpc) is 3.17. The van der Waals surface area contributed by atoms with Crippen molar-refractivity contribution in [3.63, 3.8) is 0 Å². The molecule has 6 heteroatoms. The monoisotopic (exact) mass is 761 g/mol. The molecule has 0 saturated heterocycles. The Labute approximate surface area is 334 Å². The highest BCUT2D eigenvalue weighted by Gasteiger charge is 2.19. The lowest BCUT2D eigenvalue weighted by Gasteiger charge is -2.18. The first-order chi connectivity index (χ1) is 26.5. The molecule has 0 aromatic carbocycles. The summed E-state index contributed by atoms with van der Waals surface area (Å²) < 4.78 is 16.7. The van der Waals surface area contributed by atoms with E-state index in [-0.39, 0.29) is 31.1 Å². The number of rotatable bonds is 42. The fourth-order valence-electron chi connectivity index (χ4n) is 6.72. The fourth-order valence-corrected chi connectivity index (χ4v) is 6.72. The highest BCUT2D eigenvalue weighted by molar-refractivity contribution is 5.71. The van der Waals surface area contributed by atoms with Crippen molar-refractivity contribution in [3.8, 4) is 0 Å². The van der Waals surface area contributed by atoms with E-state index in [0.717, 1.165) is 77.0 Å². The van der Waals surface area contributed by atoms with Gasteiger partial charge in [0.1, 0.15) is 13.2 Å². The van der Waals surface area contributed by atoms with Crippen molar-refractivity contribution >= 4 is 17.9 Å². The largest absolute Gasteiger partial charge is 0.462 e. The Bertz CT molecular complexity index is 880. The molecule has 0 aliphatic heterocycles. The zero-order valence-electron chi connectivity index (χ0n) is 36.0. The summed E-state index contributed by atoms with van der Waals surface area (Å²) in [6, 6.07) is 0. The number of carbonyl (C=O) groups is 3. The number of unbranched alkanes of at least 4 members (excludes halogenated alkanes) is 27. The minimum atomic E-state index is -0.766. The zero-order chi connectivity index (χ0) is 39.4. The summed E-state index contributed by atoms with van der Waals surface area (Å²) in [6.45, 7) is 6.52. The highest BCUT2D eigenvalue weighted by Crippen LogP contribution is 2.15. The Hall–Kier alpha value is -2.11. The molecule has 0 rings (SSSR count). The Morgan fingerprint density at radius 1 is 0.389 bits per heavy atom. The van der Waals surface area contributed by atoms with Crippen LogP contribution in [-0.2, 0) is 28.6 Å². The van der Waals surface area contributed by atoms with Gasteiger partial charge in [0, 0.05) is 19.3 Å². The van der Waals surface area contributed by atoms with E-state index < -0.39 is 6.10 Å². The normalized spacial score (nSPS) is 12.1. The first-order valence-corrected chi connectivity index (χ1v) is 23.3. The van der Waals surface area contributed by atoms with Gasteiger partial charge in [-0.3, -0.25) is 14.4 Å². The second-order valence-electron chi connectivity index (χ2n) is 15.6. The zero-order valence-corrected chi connectivity index (χ0v) is 36.0. The van der Waals surface area contributed by atoms with Gasteiger partial charge in [-0.25, -0.2) is 0 Å². The molecule has 0 aliphatic rings. The summed E-state index contributed by atoms with van der Waals surface area (Å²) in [5.74, 6) is -0.872. The smallest absolute Gasteiger partial charge is 0.306 e. The Morgan fingerprint density at radius 3 is 1.11 bits per heavy atom. The maximum atomic E-state index is 12.7. The lowest BCUT2D eigenvalue weighted by molar-refractivity contribution is -0.167. The van der Waals surface area contributed by atoms with E-state index in [2.05, 4.69) is 45.1 Å². The van der Waals surface area contributed by atoms with Crippen molar-refractivity contribution in [2.45, 2.75) is 252 Å². The van der Waals surface area contributed by atoms with Crippen LogP contribution in [0.15, 0.2) is 24.3 Å². The van der Waals surface area contributed by atoms with Crippen molar-refractivity contribution in [3.05, 3.63) is 24.3 Å². The first-order valence-electron chi connectivity index (χ1n) is 23.3. The van der Waals surface area contributed by atoms with Gasteiger partial charge in [0.05, 0.1) is 0 Å². The highest BCUT2D eigenvalue weighted by atomic mass is 16.6. The molecule has 0 saturated carbocycles. The minimum Gasteiger partial charge on any atom is -0.462 e. The predicted octanol–water partition coefficient (Wildman–Crippen LogP) is 14.8. The molecular formula is C48H88O6. The van der Waals surface area contributed by atoms with Crippen molar-refractivity contribution < 1.29 is 28.6 Å². The number of esters is 3. The topological polar surface area (TPSA) is 78.9 Å². The molecule has 6 nitrogen and oxygen atoms in total. The van der Waals surface area contributed by atoms with E-state index in [1.54, 1.807) is 0 Å². The van der Waals surface area contributed by atoms with Crippen LogP contribution in [0.25, 0.3) is 0 Å². The second-order valence-corrected chi connectivity index (χ2v) is 15.6. The van der Waals surface area contributed by atoms with Crippen LogP contribution < -0.4 is 0 Å². The molecule has 54 heavy (non-hydrogen) atoms. The fraction of sp³-hybridized carbons (Fsp3) is 0.854. The standard InChI is InChI=1S/C48H88O6/c1-4-7-10-13-16-19-22-23-24-27-29-32-35-38-41-47(50)53-44-45(54-48(51)42-39-36-33-30-26-21-18-15-12-9-6-3)43-52-46(49)40-37-34-31-28-25-20-17-14-11-8-5-2/h7,10,16,19,45H,4-6,8-9,11-15,17-18,20-44H2,1-3H3/b10-7-,19-16-. The quantitative estimate of drug-likeness (QED) is 0.0267. The third-order valence-corrected chi connectivity index (χ3v) is 10.2. The van der Waals surface area contributed by atoms with Crippen LogP contribution in [-0.4, -0.2) is 37.2 Å². The summed E-state index contributed by atoms with van der Waals surface area (Å²) >= 11 is 0. The predicted molar refractivity (Wildman–Crippen MR) is 229 cm³/mol. The van der Waals surface area contributed by atoms with Gasteiger partial charge < -0.3 is 14.2 Å². The van der Waals surface area contributed by atoms with Gasteiger partial charge in [-0.05, 0) is 44.9 Å². The van der Waals surface area contributed by atoms with Crippen molar-refractivity contribution in [2.75, 3.05) is 13.2 Å². The summed E-state index contributed by atoms with van der Waals surface area (Å²) in [6.07, 6.45) is 47.3.